The molecule has 2 aromatic rings. The summed E-state index contributed by atoms with van der Waals surface area (Å²) in [6.07, 6.45) is 1.63. The predicted octanol–water partition coefficient (Wildman–Crippen LogP) is 0.985. The first kappa shape index (κ1) is 16.1. The number of rotatable bonds is 6. The van der Waals surface area contributed by atoms with Crippen molar-refractivity contribution in [1.82, 2.24) is 15.0 Å². The number of sulfonamides is 1. The van der Waals surface area contributed by atoms with Crippen LogP contribution in [0.5, 0.6) is 0 Å². The Morgan fingerprint density at radius 3 is 2.68 bits per heavy atom. The van der Waals surface area contributed by atoms with Crippen molar-refractivity contribution in [2.45, 2.75) is 18.4 Å². The number of carbonyl (C=O) groups is 1. The molecule has 0 aliphatic rings. The van der Waals surface area contributed by atoms with Gasteiger partial charge in [-0.15, -0.1) is 0 Å². The predicted molar refractivity (Wildman–Crippen MR) is 82.5 cm³/mol. The lowest BCUT2D eigenvalue weighted by Crippen LogP contribution is -2.36. The Labute approximate surface area is 129 Å². The molecular formula is C15H17N3O3S. The summed E-state index contributed by atoms with van der Waals surface area (Å²) in [7, 11) is -3.69. The number of benzene rings is 1. The number of nitrogens with zero attached hydrogens (tertiary/aromatic N) is 1. The number of carbonyl (C=O) groups excluding carboxylic acids is 1. The number of amides is 1. The van der Waals surface area contributed by atoms with Crippen LogP contribution in [-0.4, -0.2) is 25.9 Å². The molecule has 0 bridgehead atoms. The Kier molecular flexibility index (Phi) is 5.24. The molecule has 0 saturated carbocycles. The van der Waals surface area contributed by atoms with Crippen molar-refractivity contribution in [2.24, 2.45) is 0 Å². The van der Waals surface area contributed by atoms with Crippen LogP contribution in [-0.2, 0) is 21.4 Å². The van der Waals surface area contributed by atoms with Gasteiger partial charge in [0.1, 0.15) is 0 Å². The van der Waals surface area contributed by atoms with Gasteiger partial charge in [-0.2, -0.15) is 0 Å². The third-order valence-electron chi connectivity index (χ3n) is 2.92. The number of aryl methyl sites for hydroxylation is 1. The van der Waals surface area contributed by atoms with Gasteiger partial charge in [0.15, 0.2) is 0 Å². The molecule has 6 nitrogen and oxygen atoms in total. The fraction of sp³-hybridized carbons (Fsp3) is 0.200. The van der Waals surface area contributed by atoms with E-state index in [9.17, 15) is 13.2 Å². The van der Waals surface area contributed by atoms with E-state index in [-0.39, 0.29) is 18.0 Å². The third-order valence-corrected chi connectivity index (χ3v) is 4.31. The lowest BCUT2D eigenvalue weighted by atomic mass is 10.2. The zero-order valence-corrected chi connectivity index (χ0v) is 12.9. The number of hydrogen-bond acceptors (Lipinski definition) is 4. The van der Waals surface area contributed by atoms with Crippen molar-refractivity contribution >= 4 is 15.9 Å². The second-order valence-corrected chi connectivity index (χ2v) is 6.51. The molecule has 0 unspecified atom stereocenters. The van der Waals surface area contributed by atoms with Crippen LogP contribution in [0.25, 0.3) is 0 Å². The van der Waals surface area contributed by atoms with Gasteiger partial charge in [-0.3, -0.25) is 9.78 Å². The second kappa shape index (κ2) is 7.15. The fourth-order valence-corrected chi connectivity index (χ4v) is 2.87. The molecule has 7 heteroatoms. The van der Waals surface area contributed by atoms with E-state index in [4.69, 9.17) is 0 Å². The molecule has 0 aliphatic carbocycles. The van der Waals surface area contributed by atoms with Gasteiger partial charge < -0.3 is 5.32 Å². The molecule has 116 valence electrons. The molecule has 1 heterocycles. The average Bonchev–Trinajstić information content (AvgIpc) is 2.52. The monoisotopic (exact) mass is 319 g/mol. The van der Waals surface area contributed by atoms with Crippen LogP contribution in [0, 0.1) is 6.92 Å². The molecule has 0 spiro atoms. The highest BCUT2D eigenvalue weighted by Crippen LogP contribution is 2.10. The maximum absolute atomic E-state index is 12.1. The van der Waals surface area contributed by atoms with E-state index in [1.165, 1.54) is 6.07 Å². The lowest BCUT2D eigenvalue weighted by Gasteiger charge is -2.08. The number of nitrogens with one attached hydrogen (secondary N) is 2. The van der Waals surface area contributed by atoms with E-state index < -0.39 is 15.9 Å². The molecule has 0 radical (unpaired) electrons. The first-order valence-electron chi connectivity index (χ1n) is 6.70. The van der Waals surface area contributed by atoms with Crippen molar-refractivity contribution in [2.75, 3.05) is 6.54 Å². The largest absolute Gasteiger partial charge is 0.349 e. The van der Waals surface area contributed by atoms with E-state index in [2.05, 4.69) is 15.0 Å². The molecule has 2 rings (SSSR count). The number of pyridine rings is 1. The van der Waals surface area contributed by atoms with Crippen LogP contribution >= 0.6 is 0 Å². The van der Waals surface area contributed by atoms with Gasteiger partial charge in [0.25, 0.3) is 0 Å². The minimum atomic E-state index is -3.69. The summed E-state index contributed by atoms with van der Waals surface area (Å²) in [4.78, 5) is 15.9. The maximum atomic E-state index is 12.1. The summed E-state index contributed by atoms with van der Waals surface area (Å²) in [6, 6.07) is 11.9. The molecule has 0 fully saturated rings. The first-order chi connectivity index (χ1) is 10.5. The minimum Gasteiger partial charge on any atom is -0.349 e. The molecule has 0 saturated heterocycles. The molecule has 2 N–H and O–H groups in total. The van der Waals surface area contributed by atoms with Crippen LogP contribution < -0.4 is 10.0 Å². The molecule has 0 atom stereocenters. The molecule has 1 amide bonds. The lowest BCUT2D eigenvalue weighted by molar-refractivity contribution is -0.120. The van der Waals surface area contributed by atoms with Crippen molar-refractivity contribution in [3.63, 3.8) is 0 Å². The Hall–Kier alpha value is -2.25. The van der Waals surface area contributed by atoms with Gasteiger partial charge in [-0.05, 0) is 36.8 Å². The normalized spacial score (nSPS) is 11.1. The zero-order valence-electron chi connectivity index (χ0n) is 12.1. The van der Waals surface area contributed by atoms with E-state index in [0.29, 0.717) is 5.69 Å². The summed E-state index contributed by atoms with van der Waals surface area (Å²) in [6.45, 7) is 1.74. The highest BCUT2D eigenvalue weighted by atomic mass is 32.2. The first-order valence-corrected chi connectivity index (χ1v) is 8.18. The van der Waals surface area contributed by atoms with Gasteiger partial charge >= 0.3 is 0 Å². The number of aromatic nitrogens is 1. The molecular weight excluding hydrogens is 302 g/mol. The van der Waals surface area contributed by atoms with E-state index in [0.717, 1.165) is 5.56 Å². The van der Waals surface area contributed by atoms with Gasteiger partial charge in [-0.25, -0.2) is 13.1 Å². The summed E-state index contributed by atoms with van der Waals surface area (Å²) in [5.74, 6) is -0.415. The van der Waals surface area contributed by atoms with Crippen LogP contribution in [0.1, 0.15) is 11.3 Å². The van der Waals surface area contributed by atoms with E-state index in [1.54, 1.807) is 43.5 Å². The topological polar surface area (TPSA) is 88.2 Å². The molecule has 22 heavy (non-hydrogen) atoms. The van der Waals surface area contributed by atoms with Crippen LogP contribution in [0.3, 0.4) is 0 Å². The second-order valence-electron chi connectivity index (χ2n) is 4.74. The number of hydrogen-bond donors (Lipinski definition) is 2. The summed E-state index contributed by atoms with van der Waals surface area (Å²) >= 11 is 0. The standard InChI is InChI=1S/C15H17N3O3S/c1-12-5-4-7-14(9-12)22(20,21)18-11-15(19)17-10-13-6-2-3-8-16-13/h2-9,18H,10-11H2,1H3,(H,17,19). The molecule has 1 aromatic carbocycles. The van der Waals surface area contributed by atoms with E-state index >= 15 is 0 Å². The van der Waals surface area contributed by atoms with Crippen molar-refractivity contribution < 1.29 is 13.2 Å². The van der Waals surface area contributed by atoms with Crippen LogP contribution in [0.4, 0.5) is 0 Å². The smallest absolute Gasteiger partial charge is 0.241 e. The summed E-state index contributed by atoms with van der Waals surface area (Å²) in [5, 5.41) is 2.61. The minimum absolute atomic E-state index is 0.144. The van der Waals surface area contributed by atoms with Crippen molar-refractivity contribution in [3.8, 4) is 0 Å². The van der Waals surface area contributed by atoms with E-state index in [1.807, 2.05) is 6.07 Å². The van der Waals surface area contributed by atoms with Crippen LogP contribution in [0.15, 0.2) is 53.6 Å². The van der Waals surface area contributed by atoms with Crippen molar-refractivity contribution in [1.29, 1.82) is 0 Å². The third kappa shape index (κ3) is 4.64. The molecule has 0 aliphatic heterocycles. The SMILES string of the molecule is Cc1cccc(S(=O)(=O)NCC(=O)NCc2ccccn2)c1. The fourth-order valence-electron chi connectivity index (χ4n) is 1.78. The summed E-state index contributed by atoms with van der Waals surface area (Å²) in [5.41, 5.74) is 1.54. The Bertz CT molecular complexity index is 746. The van der Waals surface area contributed by atoms with Gasteiger partial charge in [-0.1, -0.05) is 18.2 Å². The van der Waals surface area contributed by atoms with Crippen molar-refractivity contribution in [3.05, 3.63) is 59.9 Å². The Balaban J connectivity index is 1.88. The summed E-state index contributed by atoms with van der Waals surface area (Å²) < 4.78 is 26.4. The molecule has 1 aromatic heterocycles. The zero-order chi connectivity index (χ0) is 16.0. The highest BCUT2D eigenvalue weighted by Gasteiger charge is 2.15. The van der Waals surface area contributed by atoms with Crippen LogP contribution in [0.2, 0.25) is 0 Å². The van der Waals surface area contributed by atoms with Gasteiger partial charge in [0.2, 0.25) is 15.9 Å². The maximum Gasteiger partial charge on any atom is 0.241 e. The Morgan fingerprint density at radius 2 is 2.00 bits per heavy atom. The Morgan fingerprint density at radius 1 is 1.18 bits per heavy atom. The highest BCUT2D eigenvalue weighted by molar-refractivity contribution is 7.89. The quantitative estimate of drug-likeness (QED) is 0.831. The van der Waals surface area contributed by atoms with Gasteiger partial charge in [0, 0.05) is 6.20 Å². The van der Waals surface area contributed by atoms with Gasteiger partial charge in [0.05, 0.1) is 23.7 Å². The average molecular weight is 319 g/mol.